The lowest BCUT2D eigenvalue weighted by Crippen LogP contribution is -2.50. The average molecular weight is 310 g/mol. The fourth-order valence-electron chi connectivity index (χ4n) is 2.21. The minimum absolute atomic E-state index is 0.0276. The fourth-order valence-corrected chi connectivity index (χ4v) is 2.21. The fraction of sp³-hybridized carbons (Fsp3) is 0.643. The number of piperazine rings is 1. The number of carbonyl (C=O) groups excluding carboxylic acids is 2. The van der Waals surface area contributed by atoms with E-state index in [1.807, 2.05) is 6.07 Å². The molecule has 0 saturated carbocycles. The van der Waals surface area contributed by atoms with Crippen LogP contribution in [-0.2, 0) is 9.59 Å². The summed E-state index contributed by atoms with van der Waals surface area (Å²) in [5.74, 6) is -0.424. The Morgan fingerprint density at radius 1 is 1.14 bits per heavy atom. The summed E-state index contributed by atoms with van der Waals surface area (Å²) in [7, 11) is 0. The molecule has 8 nitrogen and oxygen atoms in total. The summed E-state index contributed by atoms with van der Waals surface area (Å²) in [6, 6.07) is 1.86. The van der Waals surface area contributed by atoms with Crippen LogP contribution in [0.5, 0.6) is 0 Å². The summed E-state index contributed by atoms with van der Waals surface area (Å²) >= 11 is 0. The summed E-state index contributed by atoms with van der Waals surface area (Å²) in [6.07, 6.45) is 1.37. The molecule has 8 heteroatoms. The topological polar surface area (TPSA) is 108 Å². The third-order valence-corrected chi connectivity index (χ3v) is 3.45. The van der Waals surface area contributed by atoms with E-state index < -0.39 is 5.91 Å². The van der Waals surface area contributed by atoms with E-state index >= 15 is 0 Å². The molecular formula is C14H22N4O4. The number of hydrogen-bond donors (Lipinski definition) is 2. The third-order valence-electron chi connectivity index (χ3n) is 3.45. The first-order chi connectivity index (χ1) is 10.5. The van der Waals surface area contributed by atoms with Gasteiger partial charge in [-0.15, -0.1) is 0 Å². The number of nitrogens with zero attached hydrogens (tertiary/aromatic N) is 4. The molecule has 122 valence electrons. The van der Waals surface area contributed by atoms with E-state index in [1.54, 1.807) is 4.90 Å². The number of amides is 2. The molecule has 0 aliphatic carbocycles. The van der Waals surface area contributed by atoms with Gasteiger partial charge in [0.1, 0.15) is 11.6 Å². The lowest BCUT2D eigenvalue weighted by Gasteiger charge is -2.34. The summed E-state index contributed by atoms with van der Waals surface area (Å²) < 4.78 is 0. The number of aliphatic hydroxyl groups is 2. The Kier molecular flexibility index (Phi) is 7.36. The Morgan fingerprint density at radius 2 is 1.64 bits per heavy atom. The SMILES string of the molecule is CC(=O)N1CCN(C(=O)/C(C#N)=C\N(CCO)CCO)CC1. The molecule has 0 spiro atoms. The van der Waals surface area contributed by atoms with Crippen molar-refractivity contribution in [2.45, 2.75) is 6.92 Å². The van der Waals surface area contributed by atoms with Crippen molar-refractivity contribution >= 4 is 11.8 Å². The number of carbonyl (C=O) groups is 2. The summed E-state index contributed by atoms with van der Waals surface area (Å²) in [6.45, 7) is 3.36. The molecule has 0 aromatic rings. The molecular weight excluding hydrogens is 288 g/mol. The third kappa shape index (κ3) is 5.02. The van der Waals surface area contributed by atoms with Gasteiger partial charge in [-0.05, 0) is 0 Å². The quantitative estimate of drug-likeness (QED) is 0.450. The van der Waals surface area contributed by atoms with Crippen LogP contribution in [0.3, 0.4) is 0 Å². The van der Waals surface area contributed by atoms with Gasteiger partial charge in [-0.2, -0.15) is 5.26 Å². The van der Waals surface area contributed by atoms with Crippen LogP contribution in [0.1, 0.15) is 6.92 Å². The maximum Gasteiger partial charge on any atom is 0.266 e. The molecule has 2 N–H and O–H groups in total. The maximum atomic E-state index is 12.3. The zero-order valence-corrected chi connectivity index (χ0v) is 12.7. The Labute approximate surface area is 129 Å². The van der Waals surface area contributed by atoms with Crippen molar-refractivity contribution in [2.75, 3.05) is 52.5 Å². The van der Waals surface area contributed by atoms with Crippen LogP contribution in [0.4, 0.5) is 0 Å². The van der Waals surface area contributed by atoms with E-state index in [-0.39, 0.29) is 37.8 Å². The van der Waals surface area contributed by atoms with Crippen LogP contribution in [0.15, 0.2) is 11.8 Å². The molecule has 0 unspecified atom stereocenters. The van der Waals surface area contributed by atoms with Gasteiger partial charge in [0.25, 0.3) is 5.91 Å². The summed E-state index contributed by atoms with van der Waals surface area (Å²) in [5.41, 5.74) is -0.0434. The van der Waals surface area contributed by atoms with E-state index in [4.69, 9.17) is 10.2 Å². The van der Waals surface area contributed by atoms with Gasteiger partial charge in [0.15, 0.2) is 0 Å². The predicted molar refractivity (Wildman–Crippen MR) is 78.3 cm³/mol. The first-order valence-corrected chi connectivity index (χ1v) is 7.16. The minimum Gasteiger partial charge on any atom is -0.395 e. The Morgan fingerprint density at radius 3 is 2.05 bits per heavy atom. The lowest BCUT2D eigenvalue weighted by atomic mass is 10.2. The highest BCUT2D eigenvalue weighted by molar-refractivity contribution is 5.97. The maximum absolute atomic E-state index is 12.3. The zero-order chi connectivity index (χ0) is 16.5. The minimum atomic E-state index is -0.397. The molecule has 2 amide bonds. The highest BCUT2D eigenvalue weighted by atomic mass is 16.3. The van der Waals surface area contributed by atoms with Crippen molar-refractivity contribution in [3.05, 3.63) is 11.8 Å². The highest BCUT2D eigenvalue weighted by Gasteiger charge is 2.25. The molecule has 1 saturated heterocycles. The Bertz CT molecular complexity index is 458. The second-order valence-corrected chi connectivity index (χ2v) is 4.94. The first-order valence-electron chi connectivity index (χ1n) is 7.16. The van der Waals surface area contributed by atoms with Crippen LogP contribution in [0.2, 0.25) is 0 Å². The van der Waals surface area contributed by atoms with E-state index in [9.17, 15) is 14.9 Å². The average Bonchev–Trinajstić information content (AvgIpc) is 2.52. The second kappa shape index (κ2) is 9.02. The van der Waals surface area contributed by atoms with Crippen molar-refractivity contribution in [3.8, 4) is 6.07 Å². The molecule has 1 fully saturated rings. The Balaban J connectivity index is 2.72. The van der Waals surface area contributed by atoms with E-state index in [0.29, 0.717) is 26.2 Å². The zero-order valence-electron chi connectivity index (χ0n) is 12.7. The standard InChI is InChI=1S/C14H22N4O4/c1-12(21)17-2-4-18(5-3-17)14(22)13(10-15)11-16(6-8-19)7-9-20/h11,19-20H,2-9H2,1H3/b13-11-. The van der Waals surface area contributed by atoms with Crippen LogP contribution < -0.4 is 0 Å². The smallest absolute Gasteiger partial charge is 0.266 e. The first kappa shape index (κ1) is 17.9. The Hall–Kier alpha value is -2.11. The molecule has 1 rings (SSSR count). The van der Waals surface area contributed by atoms with E-state index in [2.05, 4.69) is 0 Å². The highest BCUT2D eigenvalue weighted by Crippen LogP contribution is 2.08. The van der Waals surface area contributed by atoms with E-state index in [1.165, 1.54) is 22.9 Å². The predicted octanol–water partition coefficient (Wildman–Crippen LogP) is -1.63. The number of rotatable bonds is 6. The monoisotopic (exact) mass is 310 g/mol. The van der Waals surface area contributed by atoms with Crippen molar-refractivity contribution in [1.29, 1.82) is 5.26 Å². The molecule has 1 aliphatic heterocycles. The number of hydrogen-bond acceptors (Lipinski definition) is 6. The van der Waals surface area contributed by atoms with Crippen molar-refractivity contribution in [1.82, 2.24) is 14.7 Å². The lowest BCUT2D eigenvalue weighted by molar-refractivity contribution is -0.136. The molecule has 0 aromatic carbocycles. The summed E-state index contributed by atoms with van der Waals surface area (Å²) in [5, 5.41) is 27.1. The van der Waals surface area contributed by atoms with Crippen molar-refractivity contribution in [2.24, 2.45) is 0 Å². The van der Waals surface area contributed by atoms with Crippen molar-refractivity contribution in [3.63, 3.8) is 0 Å². The molecule has 22 heavy (non-hydrogen) atoms. The van der Waals surface area contributed by atoms with Crippen molar-refractivity contribution < 1.29 is 19.8 Å². The molecule has 0 bridgehead atoms. The number of aliphatic hydroxyl groups excluding tert-OH is 2. The van der Waals surface area contributed by atoms with Crippen LogP contribution >= 0.6 is 0 Å². The molecule has 1 aliphatic rings. The second-order valence-electron chi connectivity index (χ2n) is 4.94. The largest absolute Gasteiger partial charge is 0.395 e. The number of nitriles is 1. The van der Waals surface area contributed by atoms with Gasteiger partial charge in [-0.1, -0.05) is 0 Å². The van der Waals surface area contributed by atoms with Gasteiger partial charge in [0.05, 0.1) is 13.2 Å². The van der Waals surface area contributed by atoms with Crippen LogP contribution in [-0.4, -0.2) is 89.2 Å². The van der Waals surface area contributed by atoms with Gasteiger partial charge in [-0.3, -0.25) is 9.59 Å². The molecule has 1 heterocycles. The summed E-state index contributed by atoms with van der Waals surface area (Å²) in [4.78, 5) is 28.3. The molecule has 0 atom stereocenters. The van der Waals surface area contributed by atoms with E-state index in [0.717, 1.165) is 0 Å². The van der Waals surface area contributed by atoms with Crippen LogP contribution in [0.25, 0.3) is 0 Å². The van der Waals surface area contributed by atoms with Gasteiger partial charge in [0.2, 0.25) is 5.91 Å². The van der Waals surface area contributed by atoms with Crippen LogP contribution in [0, 0.1) is 11.3 Å². The molecule has 0 radical (unpaired) electrons. The van der Waals surface area contributed by atoms with Gasteiger partial charge in [0, 0.05) is 52.4 Å². The van der Waals surface area contributed by atoms with Gasteiger partial charge in [-0.25, -0.2) is 0 Å². The molecule has 0 aromatic heterocycles. The van der Waals surface area contributed by atoms with Gasteiger partial charge < -0.3 is 24.9 Å². The normalized spacial score (nSPS) is 15.5. The van der Waals surface area contributed by atoms with Gasteiger partial charge >= 0.3 is 0 Å².